The third-order valence-electron chi connectivity index (χ3n) is 2.93. The number of benzene rings is 1. The number of pyridine rings is 1. The molecule has 0 saturated carbocycles. The molecule has 0 radical (unpaired) electrons. The van der Waals surface area contributed by atoms with Gasteiger partial charge < -0.3 is 4.79 Å². The van der Waals surface area contributed by atoms with E-state index in [-0.39, 0.29) is 17.5 Å². The van der Waals surface area contributed by atoms with Crippen LogP contribution in [0.2, 0.25) is 0 Å². The fourth-order valence-electron chi connectivity index (χ4n) is 2.04. The molecule has 0 N–H and O–H groups in total. The molecule has 0 amide bonds. The van der Waals surface area contributed by atoms with Gasteiger partial charge in [-0.1, -0.05) is 13.0 Å². The summed E-state index contributed by atoms with van der Waals surface area (Å²) in [4.78, 5) is 27.4. The first kappa shape index (κ1) is 12.4. The van der Waals surface area contributed by atoms with E-state index in [1.165, 1.54) is 6.92 Å². The zero-order valence-corrected chi connectivity index (χ0v) is 10.5. The van der Waals surface area contributed by atoms with Gasteiger partial charge in [0.2, 0.25) is 0 Å². The Morgan fingerprint density at radius 3 is 2.78 bits per heavy atom. The number of hydrogen-bond donors (Lipinski definition) is 0. The highest BCUT2D eigenvalue weighted by Crippen LogP contribution is 2.17. The van der Waals surface area contributed by atoms with E-state index >= 15 is 0 Å². The summed E-state index contributed by atoms with van der Waals surface area (Å²) in [7, 11) is 0. The molecule has 92 valence electrons. The average molecular weight is 241 g/mol. The second kappa shape index (κ2) is 5.08. The van der Waals surface area contributed by atoms with Crippen molar-refractivity contribution in [3.63, 3.8) is 0 Å². The van der Waals surface area contributed by atoms with Gasteiger partial charge >= 0.3 is 0 Å². The highest BCUT2D eigenvalue weighted by molar-refractivity contribution is 6.02. The number of ketones is 2. The van der Waals surface area contributed by atoms with Crippen LogP contribution >= 0.6 is 0 Å². The zero-order valence-electron chi connectivity index (χ0n) is 10.5. The van der Waals surface area contributed by atoms with Crippen LogP contribution in [0, 0.1) is 5.92 Å². The van der Waals surface area contributed by atoms with E-state index in [9.17, 15) is 9.59 Å². The summed E-state index contributed by atoms with van der Waals surface area (Å²) in [6.45, 7) is 3.30. The van der Waals surface area contributed by atoms with Crippen LogP contribution in [0.1, 0.15) is 30.6 Å². The quantitative estimate of drug-likeness (QED) is 0.773. The highest BCUT2D eigenvalue weighted by Gasteiger charge is 2.17. The van der Waals surface area contributed by atoms with Gasteiger partial charge in [0.25, 0.3) is 0 Å². The number of Topliss-reactive ketones (excluding diaryl/α,β-unsaturated/α-hetero) is 2. The molecule has 3 nitrogen and oxygen atoms in total. The van der Waals surface area contributed by atoms with Crippen molar-refractivity contribution in [3.8, 4) is 0 Å². The molecular formula is C15H15NO2. The molecule has 0 fully saturated rings. The summed E-state index contributed by atoms with van der Waals surface area (Å²) >= 11 is 0. The van der Waals surface area contributed by atoms with Crippen LogP contribution < -0.4 is 0 Å². The lowest BCUT2D eigenvalue weighted by Gasteiger charge is -2.08. The van der Waals surface area contributed by atoms with E-state index in [2.05, 4.69) is 4.98 Å². The Labute approximate surface area is 106 Å². The van der Waals surface area contributed by atoms with Crippen LogP contribution in [-0.4, -0.2) is 16.6 Å². The maximum Gasteiger partial charge on any atom is 0.166 e. The van der Waals surface area contributed by atoms with Gasteiger partial charge in [-0.15, -0.1) is 0 Å². The van der Waals surface area contributed by atoms with Crippen LogP contribution in [0.3, 0.4) is 0 Å². The molecule has 1 heterocycles. The maximum atomic E-state index is 12.2. The van der Waals surface area contributed by atoms with Crippen molar-refractivity contribution in [2.45, 2.75) is 20.3 Å². The summed E-state index contributed by atoms with van der Waals surface area (Å²) in [6.07, 6.45) is 2.02. The number of aromatic nitrogens is 1. The topological polar surface area (TPSA) is 47.0 Å². The predicted molar refractivity (Wildman–Crippen MR) is 70.5 cm³/mol. The number of carbonyl (C=O) groups is 2. The Balaban J connectivity index is 2.30. The summed E-state index contributed by atoms with van der Waals surface area (Å²) in [6, 6.07) is 9.21. The predicted octanol–water partition coefficient (Wildman–Crippen LogP) is 3.03. The third kappa shape index (κ3) is 2.62. The SMILES string of the molecule is CC(=O)CC(C)C(=O)c1ccc2ncccc2c1. The van der Waals surface area contributed by atoms with Gasteiger partial charge in [0.05, 0.1) is 5.52 Å². The summed E-state index contributed by atoms with van der Waals surface area (Å²) < 4.78 is 0. The lowest BCUT2D eigenvalue weighted by atomic mass is 9.94. The van der Waals surface area contributed by atoms with E-state index in [0.29, 0.717) is 12.0 Å². The van der Waals surface area contributed by atoms with Gasteiger partial charge in [0, 0.05) is 29.5 Å². The van der Waals surface area contributed by atoms with Gasteiger partial charge in [-0.05, 0) is 31.2 Å². The van der Waals surface area contributed by atoms with Crippen molar-refractivity contribution in [3.05, 3.63) is 42.1 Å². The third-order valence-corrected chi connectivity index (χ3v) is 2.93. The first-order chi connectivity index (χ1) is 8.58. The number of hydrogen-bond acceptors (Lipinski definition) is 3. The number of rotatable bonds is 4. The smallest absolute Gasteiger partial charge is 0.166 e. The largest absolute Gasteiger partial charge is 0.300 e. The van der Waals surface area contributed by atoms with Gasteiger partial charge in [-0.3, -0.25) is 9.78 Å². The summed E-state index contributed by atoms with van der Waals surface area (Å²) in [5.41, 5.74) is 1.51. The van der Waals surface area contributed by atoms with Gasteiger partial charge in [0.15, 0.2) is 5.78 Å². The van der Waals surface area contributed by atoms with E-state index in [4.69, 9.17) is 0 Å². The Morgan fingerprint density at radius 1 is 1.28 bits per heavy atom. The molecule has 0 aliphatic rings. The number of nitrogens with zero attached hydrogens (tertiary/aromatic N) is 1. The molecule has 1 atom stereocenters. The van der Waals surface area contributed by atoms with Gasteiger partial charge in [0.1, 0.15) is 5.78 Å². The molecule has 1 aromatic heterocycles. The van der Waals surface area contributed by atoms with Crippen LogP contribution in [0.15, 0.2) is 36.5 Å². The van der Waals surface area contributed by atoms with Crippen LogP contribution in [-0.2, 0) is 4.79 Å². The van der Waals surface area contributed by atoms with Crippen molar-refractivity contribution in [2.24, 2.45) is 5.92 Å². The first-order valence-corrected chi connectivity index (χ1v) is 5.96. The van der Waals surface area contributed by atoms with E-state index in [0.717, 1.165) is 10.9 Å². The Hall–Kier alpha value is -2.03. The van der Waals surface area contributed by atoms with Gasteiger partial charge in [-0.2, -0.15) is 0 Å². The van der Waals surface area contributed by atoms with Crippen molar-refractivity contribution in [2.75, 3.05) is 0 Å². The Bertz CT molecular complexity index is 604. The molecule has 2 rings (SSSR count). The zero-order chi connectivity index (χ0) is 13.1. The molecule has 3 heteroatoms. The minimum absolute atomic E-state index is 0.0101. The molecular weight excluding hydrogens is 226 g/mol. The summed E-state index contributed by atoms with van der Waals surface area (Å²) in [5.74, 6) is -0.217. The number of fused-ring (bicyclic) bond motifs is 1. The monoisotopic (exact) mass is 241 g/mol. The fraction of sp³-hybridized carbons (Fsp3) is 0.267. The first-order valence-electron chi connectivity index (χ1n) is 5.96. The molecule has 1 aromatic carbocycles. The van der Waals surface area contributed by atoms with Crippen molar-refractivity contribution < 1.29 is 9.59 Å². The Kier molecular flexibility index (Phi) is 3.51. The lowest BCUT2D eigenvalue weighted by Crippen LogP contribution is -2.14. The molecule has 1 unspecified atom stereocenters. The van der Waals surface area contributed by atoms with Gasteiger partial charge in [-0.25, -0.2) is 0 Å². The highest BCUT2D eigenvalue weighted by atomic mass is 16.1. The molecule has 0 spiro atoms. The second-order valence-corrected chi connectivity index (χ2v) is 4.58. The Morgan fingerprint density at radius 2 is 2.06 bits per heavy atom. The molecule has 2 aromatic rings. The summed E-state index contributed by atoms with van der Waals surface area (Å²) in [5, 5.41) is 0.943. The van der Waals surface area contributed by atoms with E-state index in [1.807, 2.05) is 24.3 Å². The molecule has 18 heavy (non-hydrogen) atoms. The normalized spacial score (nSPS) is 12.3. The van der Waals surface area contributed by atoms with Crippen LogP contribution in [0.4, 0.5) is 0 Å². The fourth-order valence-corrected chi connectivity index (χ4v) is 2.04. The van der Waals surface area contributed by atoms with Crippen molar-refractivity contribution >= 4 is 22.5 Å². The molecule has 0 saturated heterocycles. The van der Waals surface area contributed by atoms with Crippen LogP contribution in [0.25, 0.3) is 10.9 Å². The van der Waals surface area contributed by atoms with Crippen molar-refractivity contribution in [1.29, 1.82) is 0 Å². The molecule has 0 bridgehead atoms. The molecule has 0 aliphatic carbocycles. The minimum Gasteiger partial charge on any atom is -0.300 e. The minimum atomic E-state index is -0.267. The van der Waals surface area contributed by atoms with E-state index < -0.39 is 0 Å². The lowest BCUT2D eigenvalue weighted by molar-refractivity contribution is -0.117. The molecule has 0 aliphatic heterocycles. The van der Waals surface area contributed by atoms with Crippen LogP contribution in [0.5, 0.6) is 0 Å². The second-order valence-electron chi connectivity index (χ2n) is 4.58. The number of carbonyl (C=O) groups excluding carboxylic acids is 2. The standard InChI is InChI=1S/C15H15NO2/c1-10(8-11(2)17)15(18)13-5-6-14-12(9-13)4-3-7-16-14/h3-7,9-10H,8H2,1-2H3. The van der Waals surface area contributed by atoms with Crippen molar-refractivity contribution in [1.82, 2.24) is 4.98 Å². The maximum absolute atomic E-state index is 12.2. The average Bonchev–Trinajstić information content (AvgIpc) is 2.36. The van der Waals surface area contributed by atoms with E-state index in [1.54, 1.807) is 19.2 Å².